The summed E-state index contributed by atoms with van der Waals surface area (Å²) in [6.45, 7) is 4.84. The van der Waals surface area contributed by atoms with E-state index in [0.29, 0.717) is 53.7 Å². The molecule has 182 valence electrons. The number of amides is 2. The lowest BCUT2D eigenvalue weighted by Crippen LogP contribution is -2.23. The number of sulfonamides is 1. The summed E-state index contributed by atoms with van der Waals surface area (Å²) in [4.78, 5) is 26.0. The van der Waals surface area contributed by atoms with Crippen LogP contribution >= 0.6 is 0 Å². The molecule has 0 bridgehead atoms. The Hall–Kier alpha value is -4.05. The number of nitrogens with zero attached hydrogens (tertiary/aromatic N) is 1. The SMILES string of the molecule is CCOc1ccc(NS(=O)(=O)c2cc(NC(=O)c3ccc(N4CCOC4=O)cc3)ccc2C)cc1. The zero-order chi connectivity index (χ0) is 25.0. The molecule has 1 heterocycles. The van der Waals surface area contributed by atoms with Crippen LogP contribution in [0, 0.1) is 6.92 Å². The number of carbonyl (C=O) groups excluding carboxylic acids is 2. The number of nitrogens with one attached hydrogen (secondary N) is 2. The van der Waals surface area contributed by atoms with Crippen LogP contribution in [0.15, 0.2) is 71.6 Å². The van der Waals surface area contributed by atoms with E-state index in [1.54, 1.807) is 67.6 Å². The Morgan fingerprint density at radius 3 is 2.34 bits per heavy atom. The van der Waals surface area contributed by atoms with Crippen LogP contribution in [-0.4, -0.2) is 40.2 Å². The van der Waals surface area contributed by atoms with Gasteiger partial charge in [0, 0.05) is 22.6 Å². The third-order valence-electron chi connectivity index (χ3n) is 5.36. The number of cyclic esters (lactones) is 1. The first-order valence-electron chi connectivity index (χ1n) is 11.0. The Morgan fingerprint density at radius 2 is 1.71 bits per heavy atom. The van der Waals surface area contributed by atoms with Gasteiger partial charge in [-0.15, -0.1) is 0 Å². The molecule has 9 nitrogen and oxygen atoms in total. The molecule has 1 aliphatic heterocycles. The van der Waals surface area contributed by atoms with E-state index in [1.807, 2.05) is 6.92 Å². The fraction of sp³-hybridized carbons (Fsp3) is 0.200. The van der Waals surface area contributed by atoms with Crippen molar-refractivity contribution in [2.75, 3.05) is 34.7 Å². The van der Waals surface area contributed by atoms with E-state index in [-0.39, 0.29) is 4.90 Å². The zero-order valence-corrected chi connectivity index (χ0v) is 20.1. The molecular weight excluding hydrogens is 470 g/mol. The van der Waals surface area contributed by atoms with Gasteiger partial charge in [0.1, 0.15) is 12.4 Å². The lowest BCUT2D eigenvalue weighted by atomic mass is 10.1. The van der Waals surface area contributed by atoms with E-state index in [0.717, 1.165) is 0 Å². The molecule has 1 aliphatic rings. The van der Waals surface area contributed by atoms with E-state index in [4.69, 9.17) is 9.47 Å². The minimum Gasteiger partial charge on any atom is -0.494 e. The van der Waals surface area contributed by atoms with Crippen molar-refractivity contribution in [2.45, 2.75) is 18.7 Å². The van der Waals surface area contributed by atoms with Gasteiger partial charge in [0.15, 0.2) is 0 Å². The molecule has 0 spiro atoms. The molecule has 2 amide bonds. The molecule has 3 aromatic carbocycles. The second-order valence-corrected chi connectivity index (χ2v) is 9.46. The Kier molecular flexibility index (Phi) is 6.92. The third kappa shape index (κ3) is 5.55. The van der Waals surface area contributed by atoms with E-state index in [2.05, 4.69) is 10.0 Å². The molecule has 2 N–H and O–H groups in total. The van der Waals surface area contributed by atoms with Gasteiger partial charge in [-0.05, 0) is 80.1 Å². The molecule has 1 fully saturated rings. The summed E-state index contributed by atoms with van der Waals surface area (Å²) in [6, 6.07) is 17.8. The summed E-state index contributed by atoms with van der Waals surface area (Å²) in [6.07, 6.45) is -0.422. The smallest absolute Gasteiger partial charge is 0.414 e. The van der Waals surface area contributed by atoms with Crippen LogP contribution in [0.4, 0.5) is 21.9 Å². The summed E-state index contributed by atoms with van der Waals surface area (Å²) in [5.74, 6) is 0.233. The number of aryl methyl sites for hydroxylation is 1. The maximum absolute atomic E-state index is 13.0. The molecule has 3 aromatic rings. The summed E-state index contributed by atoms with van der Waals surface area (Å²) >= 11 is 0. The molecule has 0 atom stereocenters. The van der Waals surface area contributed by atoms with E-state index < -0.39 is 22.0 Å². The van der Waals surface area contributed by atoms with Gasteiger partial charge in [-0.25, -0.2) is 13.2 Å². The molecule has 0 radical (unpaired) electrons. The highest BCUT2D eigenvalue weighted by atomic mass is 32.2. The van der Waals surface area contributed by atoms with Crippen molar-refractivity contribution >= 4 is 39.1 Å². The van der Waals surface area contributed by atoms with Crippen molar-refractivity contribution in [1.82, 2.24) is 0 Å². The fourth-order valence-corrected chi connectivity index (χ4v) is 4.92. The van der Waals surface area contributed by atoms with Crippen LogP contribution < -0.4 is 19.7 Å². The highest BCUT2D eigenvalue weighted by Crippen LogP contribution is 2.25. The molecular formula is C25H25N3O6S. The van der Waals surface area contributed by atoms with Crippen molar-refractivity contribution in [3.63, 3.8) is 0 Å². The topological polar surface area (TPSA) is 114 Å². The summed E-state index contributed by atoms with van der Waals surface area (Å²) in [5.41, 5.74) is 2.25. The standard InChI is InChI=1S/C25H25N3O6S/c1-3-33-22-12-8-19(9-13-22)27-35(31,32)23-16-20(7-4-17(23)2)26-24(29)18-5-10-21(11-6-18)28-14-15-34-25(28)30/h4-13,16,27H,3,14-15H2,1-2H3,(H,26,29). The average molecular weight is 496 g/mol. The van der Waals surface area contributed by atoms with Gasteiger partial charge in [0.2, 0.25) is 0 Å². The predicted octanol–water partition coefficient (Wildman–Crippen LogP) is 4.40. The van der Waals surface area contributed by atoms with Crippen LogP contribution in [0.5, 0.6) is 5.75 Å². The van der Waals surface area contributed by atoms with Crippen LogP contribution in [0.2, 0.25) is 0 Å². The summed E-state index contributed by atoms with van der Waals surface area (Å²) in [7, 11) is -3.90. The zero-order valence-electron chi connectivity index (χ0n) is 19.3. The van der Waals surface area contributed by atoms with E-state index in [1.165, 1.54) is 11.0 Å². The van der Waals surface area contributed by atoms with Gasteiger partial charge in [-0.3, -0.25) is 14.4 Å². The molecule has 35 heavy (non-hydrogen) atoms. The van der Waals surface area contributed by atoms with Crippen molar-refractivity contribution in [3.8, 4) is 5.75 Å². The quantitative estimate of drug-likeness (QED) is 0.479. The van der Waals surface area contributed by atoms with Crippen molar-refractivity contribution in [2.24, 2.45) is 0 Å². The Labute approximate surface area is 203 Å². The lowest BCUT2D eigenvalue weighted by Gasteiger charge is -2.14. The second-order valence-electron chi connectivity index (χ2n) is 7.81. The lowest BCUT2D eigenvalue weighted by molar-refractivity contribution is 0.102. The number of benzene rings is 3. The number of ether oxygens (including phenoxy) is 2. The molecule has 0 aliphatic carbocycles. The maximum Gasteiger partial charge on any atom is 0.414 e. The molecule has 1 saturated heterocycles. The van der Waals surface area contributed by atoms with Crippen LogP contribution in [-0.2, 0) is 14.8 Å². The first-order chi connectivity index (χ1) is 16.8. The number of rotatable bonds is 8. The first-order valence-corrected chi connectivity index (χ1v) is 12.5. The monoisotopic (exact) mass is 495 g/mol. The number of hydrogen-bond donors (Lipinski definition) is 2. The van der Waals surface area contributed by atoms with Crippen LogP contribution in [0.25, 0.3) is 0 Å². The average Bonchev–Trinajstić information content (AvgIpc) is 3.27. The number of anilines is 3. The fourth-order valence-electron chi connectivity index (χ4n) is 3.59. The Bertz CT molecular complexity index is 1340. The molecule has 4 rings (SSSR count). The normalized spacial score (nSPS) is 13.3. The third-order valence-corrected chi connectivity index (χ3v) is 6.88. The van der Waals surface area contributed by atoms with Gasteiger partial charge in [-0.2, -0.15) is 0 Å². The minimum absolute atomic E-state index is 0.0482. The van der Waals surface area contributed by atoms with Crippen LogP contribution in [0.3, 0.4) is 0 Å². The second kappa shape index (κ2) is 10.1. The van der Waals surface area contributed by atoms with Crippen molar-refractivity contribution in [1.29, 1.82) is 0 Å². The van der Waals surface area contributed by atoms with Gasteiger partial charge in [0.25, 0.3) is 15.9 Å². The highest BCUT2D eigenvalue weighted by molar-refractivity contribution is 7.92. The number of carbonyl (C=O) groups is 2. The van der Waals surface area contributed by atoms with Gasteiger partial charge in [-0.1, -0.05) is 6.07 Å². The maximum atomic E-state index is 13.0. The predicted molar refractivity (Wildman–Crippen MR) is 133 cm³/mol. The minimum atomic E-state index is -3.90. The molecule has 0 saturated carbocycles. The van der Waals surface area contributed by atoms with Crippen molar-refractivity contribution in [3.05, 3.63) is 77.9 Å². The number of hydrogen-bond acceptors (Lipinski definition) is 6. The Morgan fingerprint density at radius 1 is 1.03 bits per heavy atom. The summed E-state index contributed by atoms with van der Waals surface area (Å²) < 4.78 is 38.9. The van der Waals surface area contributed by atoms with E-state index in [9.17, 15) is 18.0 Å². The summed E-state index contributed by atoms with van der Waals surface area (Å²) in [5, 5.41) is 2.73. The van der Waals surface area contributed by atoms with Gasteiger partial charge >= 0.3 is 6.09 Å². The molecule has 0 aromatic heterocycles. The molecule has 10 heteroatoms. The first kappa shape index (κ1) is 24.1. The van der Waals surface area contributed by atoms with Crippen molar-refractivity contribution < 1.29 is 27.5 Å². The largest absolute Gasteiger partial charge is 0.494 e. The van der Waals surface area contributed by atoms with Crippen LogP contribution in [0.1, 0.15) is 22.8 Å². The van der Waals surface area contributed by atoms with Gasteiger partial charge < -0.3 is 14.8 Å². The van der Waals surface area contributed by atoms with Gasteiger partial charge in [0.05, 0.1) is 18.0 Å². The Balaban J connectivity index is 1.48. The highest BCUT2D eigenvalue weighted by Gasteiger charge is 2.24. The molecule has 0 unspecified atom stereocenters. The van der Waals surface area contributed by atoms with E-state index >= 15 is 0 Å².